The van der Waals surface area contributed by atoms with Crippen LogP contribution in [0.25, 0.3) is 86.4 Å². The molecule has 0 aliphatic heterocycles. The van der Waals surface area contributed by atoms with Crippen molar-refractivity contribution in [3.05, 3.63) is 198 Å². The fourth-order valence-corrected chi connectivity index (χ4v) is 11.1. The lowest BCUT2D eigenvalue weighted by atomic mass is 9.70. The van der Waals surface area contributed by atoms with Crippen LogP contribution in [0.1, 0.15) is 22.3 Å². The average Bonchev–Trinajstić information content (AvgIpc) is 3.83. The molecule has 8 aromatic carbocycles. The van der Waals surface area contributed by atoms with Crippen molar-refractivity contribution < 1.29 is 0 Å². The second-order valence-corrected chi connectivity index (χ2v) is 15.2. The van der Waals surface area contributed by atoms with Crippen LogP contribution in [0.2, 0.25) is 0 Å². The van der Waals surface area contributed by atoms with E-state index in [1.165, 1.54) is 103 Å². The number of aromatic nitrogens is 1. The second-order valence-electron chi connectivity index (χ2n) is 14.1. The SMILES string of the molecule is c1ccc2c(c1)-c1sc3ccccc3c1C21c2cc(-c3c4ccccc4c(-c4cccc5ccccc45)c4ccccc34)ccc2-c2ncccc21. The van der Waals surface area contributed by atoms with E-state index in [2.05, 4.69) is 170 Å². The van der Waals surface area contributed by atoms with E-state index in [1.807, 2.05) is 17.5 Å². The zero-order valence-electron chi connectivity index (χ0n) is 28.1. The predicted molar refractivity (Wildman–Crippen MR) is 219 cm³/mol. The maximum absolute atomic E-state index is 5.11. The number of nitrogens with zero attached hydrogens (tertiary/aromatic N) is 1. The van der Waals surface area contributed by atoms with Crippen molar-refractivity contribution in [1.29, 1.82) is 0 Å². The molecule has 10 aromatic rings. The van der Waals surface area contributed by atoms with Gasteiger partial charge in [-0.2, -0.15) is 0 Å². The first kappa shape index (κ1) is 28.4. The summed E-state index contributed by atoms with van der Waals surface area (Å²) in [5.41, 5.74) is 13.6. The summed E-state index contributed by atoms with van der Waals surface area (Å²) in [4.78, 5) is 6.48. The minimum Gasteiger partial charge on any atom is -0.256 e. The maximum Gasteiger partial charge on any atom is 0.0756 e. The standard InChI is InChI=1S/C50H29NS/c1-2-15-32-30(13-1)14-11-22-33(32)46-36-18-5-3-16-34(36)45(35-17-4-6-19-37(35)46)31-26-27-38-43(29-31)50(42-24-12-28-51-48(38)42)41-23-9-7-20-39(41)49-47(50)40-21-8-10-25-44(40)52-49/h1-29H. The van der Waals surface area contributed by atoms with Gasteiger partial charge >= 0.3 is 0 Å². The molecule has 0 N–H and O–H groups in total. The Balaban J connectivity index is 1.21. The quantitative estimate of drug-likeness (QED) is 0.166. The van der Waals surface area contributed by atoms with E-state index in [1.54, 1.807) is 0 Å². The molecule has 1 spiro atoms. The summed E-state index contributed by atoms with van der Waals surface area (Å²) in [5.74, 6) is 0. The Hall–Kier alpha value is -6.35. The van der Waals surface area contributed by atoms with Gasteiger partial charge in [-0.15, -0.1) is 11.3 Å². The van der Waals surface area contributed by atoms with Gasteiger partial charge in [0.05, 0.1) is 11.1 Å². The van der Waals surface area contributed by atoms with Gasteiger partial charge in [0.15, 0.2) is 0 Å². The van der Waals surface area contributed by atoms with Crippen LogP contribution in [0.4, 0.5) is 0 Å². The third-order valence-corrected chi connectivity index (χ3v) is 12.9. The summed E-state index contributed by atoms with van der Waals surface area (Å²) in [5, 5.41) is 8.93. The number of hydrogen-bond donors (Lipinski definition) is 0. The van der Waals surface area contributed by atoms with E-state index < -0.39 is 5.41 Å². The highest BCUT2D eigenvalue weighted by Gasteiger charge is 2.54. The minimum atomic E-state index is -0.463. The van der Waals surface area contributed by atoms with Crippen LogP contribution in [0.3, 0.4) is 0 Å². The normalized spacial score (nSPS) is 15.4. The predicted octanol–water partition coefficient (Wildman–Crippen LogP) is 13.4. The smallest absolute Gasteiger partial charge is 0.0756 e. The van der Waals surface area contributed by atoms with Crippen LogP contribution in [0.5, 0.6) is 0 Å². The van der Waals surface area contributed by atoms with Gasteiger partial charge in [0.2, 0.25) is 0 Å². The monoisotopic (exact) mass is 675 g/mol. The number of rotatable bonds is 2. The molecular formula is C50H29NS. The Labute approximate surface area is 305 Å². The molecule has 2 aliphatic carbocycles. The Bertz CT molecular complexity index is 3090. The molecule has 1 unspecified atom stereocenters. The van der Waals surface area contributed by atoms with Crippen molar-refractivity contribution in [2.45, 2.75) is 5.41 Å². The lowest BCUT2D eigenvalue weighted by Gasteiger charge is -2.30. The molecule has 0 amide bonds. The van der Waals surface area contributed by atoms with Gasteiger partial charge in [-0.1, -0.05) is 152 Å². The van der Waals surface area contributed by atoms with Gasteiger partial charge < -0.3 is 0 Å². The summed E-state index contributed by atoms with van der Waals surface area (Å²) >= 11 is 1.92. The fraction of sp³-hybridized carbons (Fsp3) is 0.0200. The average molecular weight is 676 g/mol. The van der Waals surface area contributed by atoms with Crippen LogP contribution >= 0.6 is 11.3 Å². The summed E-state index contributed by atoms with van der Waals surface area (Å²) in [6.07, 6.45) is 1.95. The molecule has 2 heteroatoms. The van der Waals surface area contributed by atoms with Crippen molar-refractivity contribution in [3.8, 4) is 44.0 Å². The number of thiophene rings is 1. The number of benzene rings is 8. The molecule has 0 radical (unpaired) electrons. The van der Waals surface area contributed by atoms with Crippen LogP contribution in [-0.2, 0) is 5.41 Å². The van der Waals surface area contributed by atoms with E-state index in [4.69, 9.17) is 4.98 Å². The summed E-state index contributed by atoms with van der Waals surface area (Å²) < 4.78 is 1.33. The van der Waals surface area contributed by atoms with Crippen LogP contribution in [0.15, 0.2) is 176 Å². The molecule has 2 aliphatic rings. The third-order valence-electron chi connectivity index (χ3n) is 11.7. The highest BCUT2D eigenvalue weighted by atomic mass is 32.1. The Kier molecular flexibility index (Phi) is 5.65. The molecule has 1 atom stereocenters. The van der Waals surface area contributed by atoms with E-state index in [9.17, 15) is 0 Å². The van der Waals surface area contributed by atoms with Gasteiger partial charge in [0.25, 0.3) is 0 Å². The van der Waals surface area contributed by atoms with Crippen LogP contribution in [0, 0.1) is 0 Å². The zero-order chi connectivity index (χ0) is 34.0. The minimum absolute atomic E-state index is 0.463. The van der Waals surface area contributed by atoms with E-state index in [0.29, 0.717) is 0 Å². The van der Waals surface area contributed by atoms with Crippen molar-refractivity contribution >= 4 is 53.7 Å². The molecule has 0 saturated heterocycles. The van der Waals surface area contributed by atoms with Gasteiger partial charge in [-0.05, 0) is 106 Å². The molecule has 1 nitrogen and oxygen atoms in total. The third kappa shape index (κ3) is 3.50. The molecule has 12 rings (SSSR count). The molecule has 2 heterocycles. The van der Waals surface area contributed by atoms with Crippen molar-refractivity contribution in [2.24, 2.45) is 0 Å². The summed E-state index contributed by atoms with van der Waals surface area (Å²) in [6, 6.07) is 63.2. The van der Waals surface area contributed by atoms with E-state index in [0.717, 1.165) is 5.69 Å². The summed E-state index contributed by atoms with van der Waals surface area (Å²) in [6.45, 7) is 0. The topological polar surface area (TPSA) is 12.9 Å². The van der Waals surface area contributed by atoms with Gasteiger partial charge in [-0.3, -0.25) is 4.98 Å². The Morgan fingerprint density at radius 3 is 1.85 bits per heavy atom. The Morgan fingerprint density at radius 1 is 0.423 bits per heavy atom. The van der Waals surface area contributed by atoms with Crippen LogP contribution < -0.4 is 0 Å². The van der Waals surface area contributed by atoms with Gasteiger partial charge in [-0.25, -0.2) is 0 Å². The maximum atomic E-state index is 5.11. The molecule has 2 aromatic heterocycles. The first-order valence-corrected chi connectivity index (χ1v) is 18.8. The highest BCUT2D eigenvalue weighted by Crippen LogP contribution is 2.66. The lowest BCUT2D eigenvalue weighted by Crippen LogP contribution is -2.26. The molecular weight excluding hydrogens is 647 g/mol. The number of hydrogen-bond acceptors (Lipinski definition) is 2. The molecule has 0 bridgehead atoms. The van der Waals surface area contributed by atoms with Gasteiger partial charge in [0.1, 0.15) is 0 Å². The van der Waals surface area contributed by atoms with Crippen molar-refractivity contribution in [1.82, 2.24) is 4.98 Å². The first-order chi connectivity index (χ1) is 25.8. The van der Waals surface area contributed by atoms with Crippen molar-refractivity contribution in [2.75, 3.05) is 0 Å². The second kappa shape index (κ2) is 10.4. The number of fused-ring (bicyclic) bond motifs is 15. The molecule has 52 heavy (non-hydrogen) atoms. The van der Waals surface area contributed by atoms with Crippen LogP contribution in [-0.4, -0.2) is 4.98 Å². The zero-order valence-corrected chi connectivity index (χ0v) is 28.9. The summed E-state index contributed by atoms with van der Waals surface area (Å²) in [7, 11) is 0. The highest BCUT2D eigenvalue weighted by molar-refractivity contribution is 7.22. The Morgan fingerprint density at radius 2 is 1.04 bits per heavy atom. The first-order valence-electron chi connectivity index (χ1n) is 18.0. The van der Waals surface area contributed by atoms with Crippen molar-refractivity contribution in [3.63, 3.8) is 0 Å². The lowest BCUT2D eigenvalue weighted by molar-refractivity contribution is 0.800. The molecule has 240 valence electrons. The molecule has 0 saturated carbocycles. The van der Waals surface area contributed by atoms with E-state index >= 15 is 0 Å². The molecule has 0 fully saturated rings. The largest absolute Gasteiger partial charge is 0.256 e. The fourth-order valence-electron chi connectivity index (χ4n) is 9.77. The van der Waals surface area contributed by atoms with Gasteiger partial charge in [0, 0.05) is 21.3 Å². The number of pyridine rings is 1. The van der Waals surface area contributed by atoms with E-state index in [-0.39, 0.29) is 0 Å².